The van der Waals surface area contributed by atoms with Crippen molar-refractivity contribution in [3.05, 3.63) is 94.8 Å². The Morgan fingerprint density at radius 3 is 2.58 bits per heavy atom. The Hall–Kier alpha value is -5.36. The molecule has 0 saturated carbocycles. The smallest absolute Gasteiger partial charge is 0.326 e. The predicted octanol–water partition coefficient (Wildman–Crippen LogP) is 5.19. The van der Waals surface area contributed by atoms with E-state index in [-0.39, 0.29) is 11.5 Å². The van der Waals surface area contributed by atoms with Gasteiger partial charge >= 0.3 is 11.9 Å². The molecule has 3 N–H and O–H groups in total. The van der Waals surface area contributed by atoms with Gasteiger partial charge in [-0.1, -0.05) is 41.9 Å². The van der Waals surface area contributed by atoms with E-state index in [0.717, 1.165) is 22.3 Å². The summed E-state index contributed by atoms with van der Waals surface area (Å²) >= 11 is 6.19. The third-order valence-electron chi connectivity index (χ3n) is 7.86. The second-order valence-electron chi connectivity index (χ2n) is 11.3. The van der Waals surface area contributed by atoms with Crippen LogP contribution in [0.4, 0.5) is 5.69 Å². The number of carboxylic acids is 2. The molecule has 5 rings (SSSR count). The highest BCUT2D eigenvalue weighted by atomic mass is 35.5. The molecule has 0 aliphatic carbocycles. The fraction of sp³-hybridized carbons (Fsp3) is 0.286. The first-order chi connectivity index (χ1) is 23.1. The number of amides is 2. The van der Waals surface area contributed by atoms with Gasteiger partial charge in [0.05, 0.1) is 38.1 Å². The minimum absolute atomic E-state index is 0.0153. The van der Waals surface area contributed by atoms with Crippen LogP contribution in [-0.2, 0) is 20.9 Å². The van der Waals surface area contributed by atoms with Gasteiger partial charge in [0.1, 0.15) is 11.8 Å². The van der Waals surface area contributed by atoms with Crippen LogP contribution in [0.2, 0.25) is 5.02 Å². The molecule has 2 amide bonds. The van der Waals surface area contributed by atoms with E-state index >= 15 is 0 Å². The molecule has 1 atom stereocenters. The van der Waals surface area contributed by atoms with E-state index in [4.69, 9.17) is 26.2 Å². The summed E-state index contributed by atoms with van der Waals surface area (Å²) in [6.07, 6.45) is 4.40. The van der Waals surface area contributed by atoms with Crippen molar-refractivity contribution in [2.75, 3.05) is 24.7 Å². The molecular weight excluding hydrogens is 640 g/mol. The molecule has 0 fully saturated rings. The Bertz CT molecular complexity index is 1810. The van der Waals surface area contributed by atoms with Crippen LogP contribution in [0, 0.1) is 6.92 Å². The lowest BCUT2D eigenvalue weighted by Crippen LogP contribution is -2.42. The number of carbonyl (C=O) groups excluding carboxylic acids is 2. The van der Waals surface area contributed by atoms with Crippen LogP contribution >= 0.6 is 11.6 Å². The highest BCUT2D eigenvalue weighted by Crippen LogP contribution is 2.40. The summed E-state index contributed by atoms with van der Waals surface area (Å²) in [5.74, 6) is -2.13. The highest BCUT2D eigenvalue weighted by Gasteiger charge is 2.26. The molecule has 2 heterocycles. The third-order valence-corrected chi connectivity index (χ3v) is 8.27. The van der Waals surface area contributed by atoms with Gasteiger partial charge in [0.15, 0.2) is 5.75 Å². The van der Waals surface area contributed by atoms with Gasteiger partial charge < -0.3 is 29.9 Å². The standard InChI is InChI=1S/C35H35ClN4O8/c1-22-27(36)7-3-9-30(22)47-16-4-10-31(41)40-15-5-17-48-33-26(6-2-8-29(33)40)25-19-37-39(21-25)20-23-11-13-24(14-12-23)34(44)38-28(35(45)46)18-32(42)43/h2-3,6-9,11-14,19,21,28H,4-5,10,15-18,20H2,1H3,(H,38,44)(H,42,43)(H,45,46). The van der Waals surface area contributed by atoms with Crippen LogP contribution in [0.5, 0.6) is 11.5 Å². The average molecular weight is 675 g/mol. The van der Waals surface area contributed by atoms with E-state index in [9.17, 15) is 24.3 Å². The van der Waals surface area contributed by atoms with Crippen molar-refractivity contribution < 1.29 is 38.9 Å². The summed E-state index contributed by atoms with van der Waals surface area (Å²) in [6, 6.07) is 16.2. The number of aromatic nitrogens is 2. The van der Waals surface area contributed by atoms with Gasteiger partial charge in [-0.3, -0.25) is 19.1 Å². The number of fused-ring (bicyclic) bond motifs is 1. The molecule has 0 saturated heterocycles. The molecule has 13 heteroatoms. The molecule has 0 radical (unpaired) electrons. The molecule has 4 aromatic rings. The van der Waals surface area contributed by atoms with E-state index < -0.39 is 30.3 Å². The number of rotatable bonds is 13. The Labute approximate surface area is 281 Å². The summed E-state index contributed by atoms with van der Waals surface area (Å²) in [4.78, 5) is 49.9. The summed E-state index contributed by atoms with van der Waals surface area (Å²) in [5, 5.41) is 25.5. The largest absolute Gasteiger partial charge is 0.493 e. The van der Waals surface area contributed by atoms with Crippen molar-refractivity contribution in [1.29, 1.82) is 0 Å². The number of carboxylic acid groups (broad SMARTS) is 2. The molecule has 1 aliphatic rings. The lowest BCUT2D eigenvalue weighted by atomic mass is 10.1. The maximum atomic E-state index is 13.4. The topological polar surface area (TPSA) is 160 Å². The Morgan fingerprint density at radius 2 is 1.83 bits per heavy atom. The fourth-order valence-corrected chi connectivity index (χ4v) is 5.50. The quantitative estimate of drug-likeness (QED) is 0.162. The lowest BCUT2D eigenvalue weighted by molar-refractivity contribution is -0.145. The van der Waals surface area contributed by atoms with E-state index in [0.29, 0.717) is 67.8 Å². The van der Waals surface area contributed by atoms with Gasteiger partial charge in [-0.2, -0.15) is 5.10 Å². The number of ether oxygens (including phenoxy) is 2. The number of hydrogen-bond acceptors (Lipinski definition) is 7. The molecule has 1 aliphatic heterocycles. The van der Waals surface area contributed by atoms with Crippen molar-refractivity contribution in [3.63, 3.8) is 0 Å². The number of nitrogens with zero attached hydrogens (tertiary/aromatic N) is 3. The van der Waals surface area contributed by atoms with Gasteiger partial charge in [-0.25, -0.2) is 4.79 Å². The number of halogens is 1. The first-order valence-electron chi connectivity index (χ1n) is 15.4. The van der Waals surface area contributed by atoms with E-state index in [1.165, 1.54) is 12.1 Å². The monoisotopic (exact) mass is 674 g/mol. The molecule has 0 bridgehead atoms. The van der Waals surface area contributed by atoms with Gasteiger partial charge in [0.2, 0.25) is 5.91 Å². The Kier molecular flexibility index (Phi) is 11.0. The zero-order chi connectivity index (χ0) is 34.2. The van der Waals surface area contributed by atoms with Gasteiger partial charge in [0.25, 0.3) is 5.91 Å². The van der Waals surface area contributed by atoms with Gasteiger partial charge in [-0.05, 0) is 55.7 Å². The number of anilines is 1. The van der Waals surface area contributed by atoms with Crippen LogP contribution in [0.3, 0.4) is 0 Å². The first kappa shape index (κ1) is 34.0. The van der Waals surface area contributed by atoms with Crippen molar-refractivity contribution in [3.8, 4) is 22.6 Å². The van der Waals surface area contributed by atoms with E-state index in [2.05, 4.69) is 10.4 Å². The van der Waals surface area contributed by atoms with Crippen molar-refractivity contribution in [1.82, 2.24) is 15.1 Å². The Morgan fingerprint density at radius 1 is 1.06 bits per heavy atom. The average Bonchev–Trinajstić information content (AvgIpc) is 3.41. The minimum atomic E-state index is -1.54. The molecule has 250 valence electrons. The second-order valence-corrected chi connectivity index (χ2v) is 11.7. The van der Waals surface area contributed by atoms with Crippen LogP contribution in [0.25, 0.3) is 11.1 Å². The number of hydrogen-bond donors (Lipinski definition) is 3. The SMILES string of the molecule is Cc1c(Cl)cccc1OCCCC(=O)N1CCCOc2c(-c3cnn(Cc4ccc(C(=O)NC(CC(=O)O)C(=O)O)cc4)c3)cccc21. The molecule has 48 heavy (non-hydrogen) atoms. The fourth-order valence-electron chi connectivity index (χ4n) is 5.33. The summed E-state index contributed by atoms with van der Waals surface area (Å²) in [5.41, 5.74) is 4.21. The molecule has 3 aromatic carbocycles. The summed E-state index contributed by atoms with van der Waals surface area (Å²) < 4.78 is 13.8. The van der Waals surface area contributed by atoms with Crippen LogP contribution < -0.4 is 19.7 Å². The maximum absolute atomic E-state index is 13.4. The number of benzene rings is 3. The van der Waals surface area contributed by atoms with Crippen molar-refractivity contribution >= 4 is 41.0 Å². The minimum Gasteiger partial charge on any atom is -0.493 e. The number of carbonyl (C=O) groups is 4. The van der Waals surface area contributed by atoms with E-state index in [1.54, 1.807) is 27.9 Å². The van der Waals surface area contributed by atoms with Crippen molar-refractivity contribution in [2.45, 2.75) is 45.2 Å². The number of para-hydroxylation sites is 1. The second kappa shape index (κ2) is 15.5. The van der Waals surface area contributed by atoms with Gasteiger partial charge in [-0.15, -0.1) is 0 Å². The lowest BCUT2D eigenvalue weighted by Gasteiger charge is -2.23. The molecule has 1 unspecified atom stereocenters. The summed E-state index contributed by atoms with van der Waals surface area (Å²) in [6.45, 7) is 3.66. The van der Waals surface area contributed by atoms with E-state index in [1.807, 2.05) is 49.5 Å². The zero-order valence-electron chi connectivity index (χ0n) is 26.2. The van der Waals surface area contributed by atoms with Crippen LogP contribution in [-0.4, -0.2) is 69.5 Å². The van der Waals surface area contributed by atoms with Gasteiger partial charge in [0, 0.05) is 46.4 Å². The predicted molar refractivity (Wildman–Crippen MR) is 178 cm³/mol. The number of aliphatic carboxylic acids is 2. The third kappa shape index (κ3) is 8.31. The molecule has 1 aromatic heterocycles. The zero-order valence-corrected chi connectivity index (χ0v) is 27.0. The first-order valence-corrected chi connectivity index (χ1v) is 15.8. The maximum Gasteiger partial charge on any atom is 0.326 e. The molecular formula is C35H35ClN4O8. The van der Waals surface area contributed by atoms with Crippen LogP contribution in [0.15, 0.2) is 73.1 Å². The van der Waals surface area contributed by atoms with Crippen molar-refractivity contribution in [2.24, 2.45) is 0 Å². The summed E-state index contributed by atoms with van der Waals surface area (Å²) in [7, 11) is 0. The van der Waals surface area contributed by atoms with Crippen LogP contribution in [0.1, 0.15) is 47.2 Å². The number of nitrogens with one attached hydrogen (secondary N) is 1. The molecule has 0 spiro atoms. The Balaban J connectivity index is 1.23. The normalized spacial score (nSPS) is 13.1. The highest BCUT2D eigenvalue weighted by molar-refractivity contribution is 6.31. The molecule has 12 nitrogen and oxygen atoms in total.